The molecular formula is C14H22N2O2. The van der Waals surface area contributed by atoms with Gasteiger partial charge in [0.05, 0.1) is 6.54 Å². The molecule has 0 aliphatic heterocycles. The first-order valence-corrected chi connectivity index (χ1v) is 6.42. The van der Waals surface area contributed by atoms with E-state index in [-0.39, 0.29) is 0 Å². The normalized spacial score (nSPS) is 10.4. The number of hydrogen-bond donors (Lipinski definition) is 1. The van der Waals surface area contributed by atoms with E-state index in [0.29, 0.717) is 13.2 Å². The average Bonchev–Trinajstić information content (AvgIpc) is 2.42. The van der Waals surface area contributed by atoms with Crippen molar-refractivity contribution in [2.75, 3.05) is 38.1 Å². The van der Waals surface area contributed by atoms with Crippen LogP contribution < -0.4 is 10.1 Å². The number of nitrogens with zero attached hydrogens (tertiary/aromatic N) is 1. The molecule has 0 radical (unpaired) electrons. The third-order valence-electron chi connectivity index (χ3n) is 2.79. The summed E-state index contributed by atoms with van der Waals surface area (Å²) in [4.78, 5) is 12.6. The highest BCUT2D eigenvalue weighted by Crippen LogP contribution is 2.16. The molecule has 0 aliphatic carbocycles. The first-order valence-electron chi connectivity index (χ1n) is 6.42. The van der Waals surface area contributed by atoms with E-state index in [1.54, 1.807) is 0 Å². The highest BCUT2D eigenvalue weighted by Gasteiger charge is 2.00. The minimum atomic E-state index is 0.322. The fourth-order valence-corrected chi connectivity index (χ4v) is 1.69. The summed E-state index contributed by atoms with van der Waals surface area (Å²) in [7, 11) is 0. The van der Waals surface area contributed by atoms with E-state index < -0.39 is 0 Å². The molecule has 4 heteroatoms. The molecule has 1 aromatic rings. The zero-order valence-electron chi connectivity index (χ0n) is 11.2. The van der Waals surface area contributed by atoms with Gasteiger partial charge in [0.1, 0.15) is 18.6 Å². The Balaban J connectivity index is 2.39. The van der Waals surface area contributed by atoms with Gasteiger partial charge in [0.25, 0.3) is 0 Å². The second-order valence-electron chi connectivity index (χ2n) is 3.95. The summed E-state index contributed by atoms with van der Waals surface area (Å²) >= 11 is 0. The molecule has 0 saturated heterocycles. The summed E-state index contributed by atoms with van der Waals surface area (Å²) in [6.45, 7) is 8.31. The van der Waals surface area contributed by atoms with Crippen LogP contribution in [0.5, 0.6) is 5.75 Å². The number of carbonyl (C=O) groups is 1. The smallest absolute Gasteiger partial charge is 0.139 e. The van der Waals surface area contributed by atoms with Crippen LogP contribution in [0, 0.1) is 0 Å². The molecule has 0 atom stereocenters. The molecule has 0 saturated carbocycles. The zero-order chi connectivity index (χ0) is 13.2. The number of carbonyl (C=O) groups excluding carboxylic acids is 1. The predicted octanol–water partition coefficient (Wildman–Crippen LogP) is 2.02. The van der Waals surface area contributed by atoms with E-state index in [0.717, 1.165) is 37.4 Å². The molecule has 1 aromatic carbocycles. The molecule has 0 amide bonds. The summed E-state index contributed by atoms with van der Waals surface area (Å²) in [6.07, 6.45) is 0.841. The number of anilines is 1. The summed E-state index contributed by atoms with van der Waals surface area (Å²) in [5.41, 5.74) is 0.905. The van der Waals surface area contributed by atoms with E-state index in [1.807, 2.05) is 24.3 Å². The van der Waals surface area contributed by atoms with Gasteiger partial charge in [-0.25, -0.2) is 0 Å². The van der Waals surface area contributed by atoms with Crippen LogP contribution in [0.1, 0.15) is 13.8 Å². The van der Waals surface area contributed by atoms with Crippen LogP contribution in [0.4, 0.5) is 5.69 Å². The number of benzene rings is 1. The van der Waals surface area contributed by atoms with Crippen molar-refractivity contribution in [2.24, 2.45) is 0 Å². The molecule has 0 bridgehead atoms. The third-order valence-corrected chi connectivity index (χ3v) is 2.79. The SMILES string of the molecule is CCN(CC)CCOc1cccc(NCC=O)c1. The molecule has 0 spiro atoms. The minimum Gasteiger partial charge on any atom is -0.492 e. The molecule has 1 N–H and O–H groups in total. The van der Waals surface area contributed by atoms with E-state index in [4.69, 9.17) is 4.74 Å². The van der Waals surface area contributed by atoms with Crippen molar-refractivity contribution < 1.29 is 9.53 Å². The van der Waals surface area contributed by atoms with Crippen molar-refractivity contribution in [3.05, 3.63) is 24.3 Å². The Kier molecular flexibility index (Phi) is 6.87. The largest absolute Gasteiger partial charge is 0.492 e. The van der Waals surface area contributed by atoms with Crippen molar-refractivity contribution >= 4 is 12.0 Å². The highest BCUT2D eigenvalue weighted by atomic mass is 16.5. The standard InChI is InChI=1S/C14H22N2O2/c1-3-16(4-2)9-11-18-14-7-5-6-13(12-14)15-8-10-17/h5-7,10,12,15H,3-4,8-9,11H2,1-2H3. The van der Waals surface area contributed by atoms with Crippen LogP contribution in [0.25, 0.3) is 0 Å². The Labute approximate surface area is 109 Å². The summed E-state index contributed by atoms with van der Waals surface area (Å²) in [5.74, 6) is 0.832. The van der Waals surface area contributed by atoms with Crippen LogP contribution in [0.3, 0.4) is 0 Å². The van der Waals surface area contributed by atoms with Gasteiger partial charge in [-0.1, -0.05) is 19.9 Å². The zero-order valence-corrected chi connectivity index (χ0v) is 11.2. The summed E-state index contributed by atoms with van der Waals surface area (Å²) in [5, 5.41) is 3.00. The maximum Gasteiger partial charge on any atom is 0.139 e. The first-order chi connectivity index (χ1) is 8.80. The lowest BCUT2D eigenvalue weighted by Crippen LogP contribution is -2.27. The average molecular weight is 250 g/mol. The number of aldehydes is 1. The predicted molar refractivity (Wildman–Crippen MR) is 74.3 cm³/mol. The van der Waals surface area contributed by atoms with Gasteiger partial charge in [0.15, 0.2) is 0 Å². The van der Waals surface area contributed by atoms with Gasteiger partial charge in [-0.3, -0.25) is 0 Å². The van der Waals surface area contributed by atoms with Crippen molar-refractivity contribution in [3.8, 4) is 5.75 Å². The Morgan fingerprint density at radius 2 is 2.11 bits per heavy atom. The fraction of sp³-hybridized carbons (Fsp3) is 0.500. The molecule has 4 nitrogen and oxygen atoms in total. The number of likely N-dealkylation sites (N-methyl/N-ethyl adjacent to an activating group) is 1. The Bertz CT molecular complexity index is 351. The second-order valence-corrected chi connectivity index (χ2v) is 3.95. The quantitative estimate of drug-likeness (QED) is 0.681. The molecule has 0 aromatic heterocycles. The topological polar surface area (TPSA) is 41.6 Å². The summed E-state index contributed by atoms with van der Waals surface area (Å²) in [6, 6.07) is 7.67. The monoisotopic (exact) mass is 250 g/mol. The van der Waals surface area contributed by atoms with Crippen LogP contribution in [0.2, 0.25) is 0 Å². The first kappa shape index (κ1) is 14.5. The highest BCUT2D eigenvalue weighted by molar-refractivity contribution is 5.60. The van der Waals surface area contributed by atoms with Crippen molar-refractivity contribution in [2.45, 2.75) is 13.8 Å². The lowest BCUT2D eigenvalue weighted by Gasteiger charge is -2.18. The lowest BCUT2D eigenvalue weighted by molar-refractivity contribution is -0.106. The van der Waals surface area contributed by atoms with Gasteiger partial charge in [-0.15, -0.1) is 0 Å². The number of hydrogen-bond acceptors (Lipinski definition) is 4. The summed E-state index contributed by atoms with van der Waals surface area (Å²) < 4.78 is 5.69. The maximum absolute atomic E-state index is 10.3. The van der Waals surface area contributed by atoms with Crippen molar-refractivity contribution in [3.63, 3.8) is 0 Å². The molecule has 1 rings (SSSR count). The van der Waals surface area contributed by atoms with Crippen LogP contribution in [-0.2, 0) is 4.79 Å². The van der Waals surface area contributed by atoms with Crippen LogP contribution in [0.15, 0.2) is 24.3 Å². The molecule has 0 heterocycles. The number of nitrogens with one attached hydrogen (secondary N) is 1. The fourth-order valence-electron chi connectivity index (χ4n) is 1.69. The van der Waals surface area contributed by atoms with Crippen molar-refractivity contribution in [1.82, 2.24) is 4.90 Å². The maximum atomic E-state index is 10.3. The molecule has 0 fully saturated rings. The number of ether oxygens (including phenoxy) is 1. The van der Waals surface area contributed by atoms with E-state index in [9.17, 15) is 4.79 Å². The van der Waals surface area contributed by atoms with Gasteiger partial charge in [0, 0.05) is 18.3 Å². The molecule has 100 valence electrons. The Morgan fingerprint density at radius 1 is 1.33 bits per heavy atom. The lowest BCUT2D eigenvalue weighted by atomic mass is 10.3. The number of rotatable bonds is 9. The molecule has 0 unspecified atom stereocenters. The second kappa shape index (κ2) is 8.53. The third kappa shape index (κ3) is 5.19. The Hall–Kier alpha value is -1.55. The van der Waals surface area contributed by atoms with E-state index in [2.05, 4.69) is 24.1 Å². The van der Waals surface area contributed by atoms with Crippen LogP contribution in [-0.4, -0.2) is 44.0 Å². The van der Waals surface area contributed by atoms with Gasteiger partial charge in [-0.2, -0.15) is 0 Å². The van der Waals surface area contributed by atoms with Gasteiger partial charge < -0.3 is 19.7 Å². The molecule has 18 heavy (non-hydrogen) atoms. The van der Waals surface area contributed by atoms with E-state index in [1.165, 1.54) is 0 Å². The van der Waals surface area contributed by atoms with Crippen LogP contribution >= 0.6 is 0 Å². The molecule has 0 aliphatic rings. The van der Waals surface area contributed by atoms with E-state index >= 15 is 0 Å². The minimum absolute atomic E-state index is 0.322. The van der Waals surface area contributed by atoms with Gasteiger partial charge in [-0.05, 0) is 25.2 Å². The van der Waals surface area contributed by atoms with Gasteiger partial charge in [0.2, 0.25) is 0 Å². The van der Waals surface area contributed by atoms with Crippen molar-refractivity contribution in [1.29, 1.82) is 0 Å². The van der Waals surface area contributed by atoms with Gasteiger partial charge >= 0.3 is 0 Å². The Morgan fingerprint density at radius 3 is 2.78 bits per heavy atom. The molecular weight excluding hydrogens is 228 g/mol.